The van der Waals surface area contributed by atoms with Crippen LogP contribution in [-0.4, -0.2) is 30.2 Å². The van der Waals surface area contributed by atoms with Crippen LogP contribution in [0, 0.1) is 0 Å². The van der Waals surface area contributed by atoms with Gasteiger partial charge in [-0.3, -0.25) is 0 Å². The number of hydrogen-bond donors (Lipinski definition) is 1. The van der Waals surface area contributed by atoms with Gasteiger partial charge in [0.05, 0.1) is 0 Å². The number of hydrogen-bond acceptors (Lipinski definition) is 1. The Morgan fingerprint density at radius 2 is 1.71 bits per heavy atom. The first kappa shape index (κ1) is 9.50. The Kier molecular flexibility index (Phi) is 4.61. The fraction of sp³-hybridized carbons (Fsp3) is 0.667. The van der Waals surface area contributed by atoms with Gasteiger partial charge in [-0.15, -0.1) is 0 Å². The predicted octanol–water partition coefficient (Wildman–Crippen LogP) is -2.77. The minimum Gasteiger partial charge on any atom is -1.00 e. The summed E-state index contributed by atoms with van der Waals surface area (Å²) in [6.07, 6.45) is -0.907. The van der Waals surface area contributed by atoms with E-state index in [4.69, 9.17) is 5.11 Å². The second-order valence-corrected chi connectivity index (χ2v) is 1.18. The molecule has 0 aromatic carbocycles. The van der Waals surface area contributed by atoms with E-state index in [2.05, 4.69) is 0 Å². The molecule has 1 N–H and O–H groups in total. The van der Waals surface area contributed by atoms with E-state index in [0.29, 0.717) is 0 Å². The smallest absolute Gasteiger partial charge is 0.406 e. The fourth-order valence-corrected chi connectivity index (χ4v) is 0. The minimum atomic E-state index is -0.907. The van der Waals surface area contributed by atoms with Crippen molar-refractivity contribution in [3.05, 3.63) is 0 Å². The molecule has 0 spiro atoms. The monoisotopic (exact) mass is 108 g/mol. The standard InChI is InChI=1S/C3H7NO2.FH/c1-4(2)3(5)6;/h1-2H3,(H,5,6);1H/p-1. The summed E-state index contributed by atoms with van der Waals surface area (Å²) in [5.74, 6) is 0. The van der Waals surface area contributed by atoms with Crippen molar-refractivity contribution >= 4 is 6.09 Å². The molecule has 0 aliphatic carbocycles. The van der Waals surface area contributed by atoms with E-state index in [1.165, 1.54) is 14.1 Å². The molecule has 0 aliphatic rings. The maximum Gasteiger partial charge on any atom is 0.406 e. The summed E-state index contributed by atoms with van der Waals surface area (Å²) in [6, 6.07) is 0. The third-order valence-corrected chi connectivity index (χ3v) is 0.383. The Labute approximate surface area is 40.9 Å². The molecule has 0 atom stereocenters. The van der Waals surface area contributed by atoms with Crippen LogP contribution in [0.5, 0.6) is 0 Å². The maximum absolute atomic E-state index is 9.62. The summed E-state index contributed by atoms with van der Waals surface area (Å²) in [5, 5.41) is 7.92. The van der Waals surface area contributed by atoms with Crippen molar-refractivity contribution in [2.45, 2.75) is 0 Å². The van der Waals surface area contributed by atoms with Gasteiger partial charge in [-0.2, -0.15) is 0 Å². The molecule has 4 heteroatoms. The van der Waals surface area contributed by atoms with Crippen LogP contribution in [0.2, 0.25) is 0 Å². The Bertz CT molecular complexity index is 64.0. The number of amides is 1. The molecule has 0 unspecified atom stereocenters. The zero-order valence-electron chi connectivity index (χ0n) is 4.18. The van der Waals surface area contributed by atoms with Crippen LogP contribution in [0.1, 0.15) is 0 Å². The van der Waals surface area contributed by atoms with E-state index in [1.807, 2.05) is 0 Å². The van der Waals surface area contributed by atoms with E-state index in [-0.39, 0.29) is 4.70 Å². The minimum absolute atomic E-state index is 0. The Balaban J connectivity index is 0. The van der Waals surface area contributed by atoms with Gasteiger partial charge in [0.25, 0.3) is 0 Å². The van der Waals surface area contributed by atoms with Crippen LogP contribution < -0.4 is 4.70 Å². The molecule has 0 aromatic heterocycles. The lowest BCUT2D eigenvalue weighted by Crippen LogP contribution is -3.00. The van der Waals surface area contributed by atoms with Crippen molar-refractivity contribution in [2.24, 2.45) is 0 Å². The van der Waals surface area contributed by atoms with Gasteiger partial charge in [0.15, 0.2) is 0 Å². The van der Waals surface area contributed by atoms with Crippen LogP contribution in [0.25, 0.3) is 0 Å². The number of nitrogens with zero attached hydrogens (tertiary/aromatic N) is 1. The van der Waals surface area contributed by atoms with Gasteiger partial charge in [-0.1, -0.05) is 0 Å². The highest BCUT2D eigenvalue weighted by Crippen LogP contribution is 1.69. The second kappa shape index (κ2) is 3.39. The molecule has 0 saturated heterocycles. The molecular weight excluding hydrogens is 101 g/mol. The molecular formula is C3H7FNO2-. The summed E-state index contributed by atoms with van der Waals surface area (Å²) < 4.78 is 0. The fourth-order valence-electron chi connectivity index (χ4n) is 0. The molecule has 7 heavy (non-hydrogen) atoms. The number of carboxylic acid groups (broad SMARTS) is 1. The maximum atomic E-state index is 9.62. The first-order valence-electron chi connectivity index (χ1n) is 1.55. The summed E-state index contributed by atoms with van der Waals surface area (Å²) >= 11 is 0. The molecule has 0 bridgehead atoms. The average Bonchev–Trinajstić information content (AvgIpc) is 1.36. The number of rotatable bonds is 0. The van der Waals surface area contributed by atoms with Gasteiger partial charge in [0.2, 0.25) is 0 Å². The lowest BCUT2D eigenvalue weighted by molar-refractivity contribution is -0.00000775. The summed E-state index contributed by atoms with van der Waals surface area (Å²) in [7, 11) is 2.95. The van der Waals surface area contributed by atoms with Crippen LogP contribution in [0.4, 0.5) is 4.79 Å². The van der Waals surface area contributed by atoms with Crippen molar-refractivity contribution in [3.8, 4) is 0 Å². The first-order valence-corrected chi connectivity index (χ1v) is 1.55. The molecule has 0 heterocycles. The van der Waals surface area contributed by atoms with Crippen molar-refractivity contribution in [1.82, 2.24) is 4.90 Å². The van der Waals surface area contributed by atoms with E-state index in [1.54, 1.807) is 0 Å². The largest absolute Gasteiger partial charge is 1.00 e. The van der Waals surface area contributed by atoms with Crippen molar-refractivity contribution in [2.75, 3.05) is 14.1 Å². The van der Waals surface area contributed by atoms with Crippen molar-refractivity contribution < 1.29 is 14.6 Å². The normalized spacial score (nSPS) is 6.57. The molecule has 3 nitrogen and oxygen atoms in total. The van der Waals surface area contributed by atoms with Gasteiger partial charge >= 0.3 is 6.09 Å². The second-order valence-electron chi connectivity index (χ2n) is 1.18. The van der Waals surface area contributed by atoms with Crippen molar-refractivity contribution in [3.63, 3.8) is 0 Å². The lowest BCUT2D eigenvalue weighted by Gasteiger charge is -1.99. The van der Waals surface area contributed by atoms with Gasteiger partial charge in [0.1, 0.15) is 0 Å². The van der Waals surface area contributed by atoms with Gasteiger partial charge < -0.3 is 14.7 Å². The molecule has 44 valence electrons. The highest BCUT2D eigenvalue weighted by molar-refractivity contribution is 5.63. The van der Waals surface area contributed by atoms with E-state index >= 15 is 0 Å². The Morgan fingerprint density at radius 3 is 1.71 bits per heavy atom. The molecule has 0 aromatic rings. The molecule has 0 saturated carbocycles. The third-order valence-electron chi connectivity index (χ3n) is 0.383. The molecule has 0 radical (unpaired) electrons. The quantitative estimate of drug-likeness (QED) is 0.365. The SMILES string of the molecule is CN(C)C(=O)O.[F-]. The van der Waals surface area contributed by atoms with E-state index < -0.39 is 6.09 Å². The highest BCUT2D eigenvalue weighted by Gasteiger charge is 1.91. The molecule has 0 fully saturated rings. The zero-order chi connectivity index (χ0) is 5.15. The van der Waals surface area contributed by atoms with Gasteiger partial charge in [0, 0.05) is 14.1 Å². The Morgan fingerprint density at radius 1 is 1.57 bits per heavy atom. The van der Waals surface area contributed by atoms with Crippen molar-refractivity contribution in [1.29, 1.82) is 0 Å². The van der Waals surface area contributed by atoms with Gasteiger partial charge in [-0.25, -0.2) is 4.79 Å². The first-order chi connectivity index (χ1) is 2.64. The summed E-state index contributed by atoms with van der Waals surface area (Å²) in [5.41, 5.74) is 0. The lowest BCUT2D eigenvalue weighted by atomic mass is 10.9. The molecule has 0 rings (SSSR count). The predicted molar refractivity (Wildman–Crippen MR) is 21.7 cm³/mol. The summed E-state index contributed by atoms with van der Waals surface area (Å²) in [4.78, 5) is 10.7. The zero-order valence-corrected chi connectivity index (χ0v) is 4.18. The van der Waals surface area contributed by atoms with Crippen LogP contribution in [-0.2, 0) is 0 Å². The molecule has 1 amide bonds. The van der Waals surface area contributed by atoms with Crippen LogP contribution in [0.3, 0.4) is 0 Å². The topological polar surface area (TPSA) is 40.5 Å². The highest BCUT2D eigenvalue weighted by atomic mass is 19.0. The van der Waals surface area contributed by atoms with E-state index in [9.17, 15) is 4.79 Å². The number of carbonyl (C=O) groups is 1. The average molecular weight is 108 g/mol. The van der Waals surface area contributed by atoms with Crippen LogP contribution in [0.15, 0.2) is 0 Å². The van der Waals surface area contributed by atoms with Crippen LogP contribution >= 0.6 is 0 Å². The Hall–Kier alpha value is -0.800. The molecule has 0 aliphatic heterocycles. The van der Waals surface area contributed by atoms with E-state index in [0.717, 1.165) is 4.90 Å². The van der Waals surface area contributed by atoms with Gasteiger partial charge in [-0.05, 0) is 0 Å². The summed E-state index contributed by atoms with van der Waals surface area (Å²) in [6.45, 7) is 0. The third kappa shape index (κ3) is 5.20. The number of halogens is 1.